The lowest BCUT2D eigenvalue weighted by molar-refractivity contribution is 0.471. The molecule has 0 spiro atoms. The molecule has 0 radical (unpaired) electrons. The summed E-state index contributed by atoms with van der Waals surface area (Å²) in [6, 6.07) is 11.9. The molecule has 0 atom stereocenters. The minimum Gasteiger partial charge on any atom is -0.457 e. The number of anilines is 1. The van der Waals surface area contributed by atoms with Crippen LogP contribution in [0, 0.1) is 20.8 Å². The van der Waals surface area contributed by atoms with Crippen molar-refractivity contribution in [2.75, 3.05) is 5.73 Å². The van der Waals surface area contributed by atoms with Crippen LogP contribution in [0.4, 0.5) is 5.69 Å². The second kappa shape index (κ2) is 4.50. The van der Waals surface area contributed by atoms with E-state index in [1.807, 2.05) is 57.2 Å². The quantitative estimate of drug-likeness (QED) is 0.787. The number of benzene rings is 2. The van der Waals surface area contributed by atoms with Crippen LogP contribution in [0.2, 0.25) is 0 Å². The van der Waals surface area contributed by atoms with E-state index < -0.39 is 0 Å². The number of nitrogens with two attached hydrogens (primary N) is 1. The van der Waals surface area contributed by atoms with Crippen LogP contribution in [0.5, 0.6) is 11.5 Å². The maximum Gasteiger partial charge on any atom is 0.133 e. The first-order valence-electron chi connectivity index (χ1n) is 5.68. The summed E-state index contributed by atoms with van der Waals surface area (Å²) < 4.78 is 5.97. The van der Waals surface area contributed by atoms with Crippen molar-refractivity contribution in [2.45, 2.75) is 20.8 Å². The number of ether oxygens (including phenoxy) is 1. The van der Waals surface area contributed by atoms with Crippen molar-refractivity contribution < 1.29 is 4.74 Å². The molecule has 0 unspecified atom stereocenters. The molecular formula is C15H17NO. The standard InChI is InChI=1S/C15H17NO/c1-10-6-4-5-7-14(10)17-15-11(2)8-13(16)9-12(15)3/h4-9H,16H2,1-3H3. The molecule has 0 aliphatic rings. The van der Waals surface area contributed by atoms with Crippen molar-refractivity contribution in [3.05, 3.63) is 53.1 Å². The molecule has 0 aliphatic heterocycles. The van der Waals surface area contributed by atoms with Crippen LogP contribution in [-0.2, 0) is 0 Å². The third-order valence-electron chi connectivity index (χ3n) is 2.79. The summed E-state index contributed by atoms with van der Waals surface area (Å²) in [7, 11) is 0. The van der Waals surface area contributed by atoms with Gasteiger partial charge in [0.25, 0.3) is 0 Å². The highest BCUT2D eigenvalue weighted by atomic mass is 16.5. The zero-order valence-electron chi connectivity index (χ0n) is 10.4. The van der Waals surface area contributed by atoms with E-state index in [1.165, 1.54) is 0 Å². The minimum absolute atomic E-state index is 0.775. The lowest BCUT2D eigenvalue weighted by Gasteiger charge is -2.14. The Bertz CT molecular complexity index is 523. The first kappa shape index (κ1) is 11.5. The molecule has 0 aliphatic carbocycles. The molecule has 88 valence electrons. The van der Waals surface area contributed by atoms with Gasteiger partial charge in [0.2, 0.25) is 0 Å². The van der Waals surface area contributed by atoms with E-state index in [-0.39, 0.29) is 0 Å². The second-order valence-electron chi connectivity index (χ2n) is 4.35. The molecule has 2 heteroatoms. The normalized spacial score (nSPS) is 10.3. The molecule has 2 aromatic carbocycles. The number of hydrogen-bond acceptors (Lipinski definition) is 2. The predicted molar refractivity (Wildman–Crippen MR) is 71.6 cm³/mol. The summed E-state index contributed by atoms with van der Waals surface area (Å²) in [4.78, 5) is 0. The molecule has 2 rings (SSSR count). The number of nitrogen functional groups attached to an aromatic ring is 1. The lowest BCUT2D eigenvalue weighted by atomic mass is 10.1. The first-order valence-corrected chi connectivity index (χ1v) is 5.68. The Morgan fingerprint density at radius 2 is 1.47 bits per heavy atom. The Kier molecular flexibility index (Phi) is 3.05. The van der Waals surface area contributed by atoms with Gasteiger partial charge in [-0.15, -0.1) is 0 Å². The van der Waals surface area contributed by atoms with E-state index in [1.54, 1.807) is 0 Å². The van der Waals surface area contributed by atoms with Crippen LogP contribution < -0.4 is 10.5 Å². The average Bonchev–Trinajstić information content (AvgIpc) is 2.25. The third kappa shape index (κ3) is 2.41. The van der Waals surface area contributed by atoms with E-state index in [0.29, 0.717) is 0 Å². The second-order valence-corrected chi connectivity index (χ2v) is 4.35. The molecule has 0 amide bonds. The number of para-hydroxylation sites is 1. The fraction of sp³-hybridized carbons (Fsp3) is 0.200. The maximum atomic E-state index is 5.97. The molecule has 0 heterocycles. The van der Waals surface area contributed by atoms with Gasteiger partial charge in [-0.2, -0.15) is 0 Å². The van der Waals surface area contributed by atoms with Gasteiger partial charge in [-0.25, -0.2) is 0 Å². The van der Waals surface area contributed by atoms with Gasteiger partial charge in [0.1, 0.15) is 11.5 Å². The summed E-state index contributed by atoms with van der Waals surface area (Å²) in [5.74, 6) is 1.79. The van der Waals surface area contributed by atoms with E-state index >= 15 is 0 Å². The van der Waals surface area contributed by atoms with Gasteiger partial charge in [-0.05, 0) is 55.7 Å². The summed E-state index contributed by atoms with van der Waals surface area (Å²) in [5.41, 5.74) is 9.82. The van der Waals surface area contributed by atoms with Crippen molar-refractivity contribution in [2.24, 2.45) is 0 Å². The number of aryl methyl sites for hydroxylation is 3. The van der Waals surface area contributed by atoms with Crippen molar-refractivity contribution in [3.63, 3.8) is 0 Å². The van der Waals surface area contributed by atoms with Gasteiger partial charge in [0, 0.05) is 5.69 Å². The highest BCUT2D eigenvalue weighted by Gasteiger charge is 2.07. The SMILES string of the molecule is Cc1ccccc1Oc1c(C)cc(N)cc1C. The zero-order chi connectivity index (χ0) is 12.4. The topological polar surface area (TPSA) is 35.2 Å². The van der Waals surface area contributed by atoms with Crippen LogP contribution in [0.1, 0.15) is 16.7 Å². The Labute approximate surface area is 102 Å². The number of rotatable bonds is 2. The fourth-order valence-corrected chi connectivity index (χ4v) is 1.93. The summed E-state index contributed by atoms with van der Waals surface area (Å²) >= 11 is 0. The predicted octanol–water partition coefficient (Wildman–Crippen LogP) is 3.99. The largest absolute Gasteiger partial charge is 0.457 e. The Morgan fingerprint density at radius 3 is 2.06 bits per heavy atom. The minimum atomic E-state index is 0.775. The molecular weight excluding hydrogens is 210 g/mol. The average molecular weight is 227 g/mol. The summed E-state index contributed by atoms with van der Waals surface area (Å²) in [5, 5.41) is 0. The first-order chi connectivity index (χ1) is 8.08. The van der Waals surface area contributed by atoms with Gasteiger partial charge in [0.05, 0.1) is 0 Å². The molecule has 17 heavy (non-hydrogen) atoms. The Balaban J connectivity index is 2.40. The van der Waals surface area contributed by atoms with Crippen LogP contribution >= 0.6 is 0 Å². The van der Waals surface area contributed by atoms with Gasteiger partial charge >= 0.3 is 0 Å². The Morgan fingerprint density at radius 1 is 0.882 bits per heavy atom. The van der Waals surface area contributed by atoms with E-state index in [9.17, 15) is 0 Å². The molecule has 0 bridgehead atoms. The van der Waals surface area contributed by atoms with Gasteiger partial charge in [-0.3, -0.25) is 0 Å². The van der Waals surface area contributed by atoms with Crippen molar-refractivity contribution in [1.82, 2.24) is 0 Å². The van der Waals surface area contributed by atoms with Gasteiger partial charge in [0.15, 0.2) is 0 Å². The van der Waals surface area contributed by atoms with Crippen LogP contribution in [0.3, 0.4) is 0 Å². The van der Waals surface area contributed by atoms with E-state index in [4.69, 9.17) is 10.5 Å². The third-order valence-corrected chi connectivity index (χ3v) is 2.79. The zero-order valence-corrected chi connectivity index (χ0v) is 10.4. The lowest BCUT2D eigenvalue weighted by Crippen LogP contribution is -1.95. The van der Waals surface area contributed by atoms with Crippen LogP contribution in [0.25, 0.3) is 0 Å². The molecule has 0 saturated heterocycles. The highest BCUT2D eigenvalue weighted by Crippen LogP contribution is 2.31. The summed E-state index contributed by atoms with van der Waals surface area (Å²) in [6.07, 6.45) is 0. The van der Waals surface area contributed by atoms with Gasteiger partial charge < -0.3 is 10.5 Å². The van der Waals surface area contributed by atoms with Crippen molar-refractivity contribution in [1.29, 1.82) is 0 Å². The molecule has 2 nitrogen and oxygen atoms in total. The van der Waals surface area contributed by atoms with Crippen molar-refractivity contribution in [3.8, 4) is 11.5 Å². The number of hydrogen-bond donors (Lipinski definition) is 1. The van der Waals surface area contributed by atoms with Gasteiger partial charge in [-0.1, -0.05) is 18.2 Å². The molecule has 2 N–H and O–H groups in total. The fourth-order valence-electron chi connectivity index (χ4n) is 1.93. The van der Waals surface area contributed by atoms with E-state index in [2.05, 4.69) is 0 Å². The van der Waals surface area contributed by atoms with Crippen LogP contribution in [0.15, 0.2) is 36.4 Å². The monoisotopic (exact) mass is 227 g/mol. The van der Waals surface area contributed by atoms with E-state index in [0.717, 1.165) is 33.9 Å². The maximum absolute atomic E-state index is 5.97. The van der Waals surface area contributed by atoms with Crippen LogP contribution in [-0.4, -0.2) is 0 Å². The molecule has 2 aromatic rings. The molecule has 0 fully saturated rings. The molecule has 0 aromatic heterocycles. The summed E-state index contributed by atoms with van der Waals surface area (Å²) in [6.45, 7) is 6.06. The Hall–Kier alpha value is -1.96. The van der Waals surface area contributed by atoms with Crippen molar-refractivity contribution >= 4 is 5.69 Å². The highest BCUT2D eigenvalue weighted by molar-refractivity contribution is 5.53. The molecule has 0 saturated carbocycles. The smallest absolute Gasteiger partial charge is 0.133 e.